The van der Waals surface area contributed by atoms with Crippen LogP contribution in [0, 0.1) is 0 Å². The lowest BCUT2D eigenvalue weighted by molar-refractivity contribution is 0.184. The smallest absolute Gasteiger partial charge is 0.319 e. The number of hydrogen-bond acceptors (Lipinski definition) is 4. The fraction of sp³-hybridized carbons (Fsp3) is 0.389. The SMILES string of the molecule is CC(O)CCNC(=O)Nc1ccc(N2CCc3sccc3C2)cc1. The predicted molar refractivity (Wildman–Crippen MR) is 98.8 cm³/mol. The molecule has 1 atom stereocenters. The van der Waals surface area contributed by atoms with E-state index in [1.54, 1.807) is 6.92 Å². The summed E-state index contributed by atoms with van der Waals surface area (Å²) in [4.78, 5) is 15.6. The molecule has 0 saturated heterocycles. The van der Waals surface area contributed by atoms with E-state index >= 15 is 0 Å². The van der Waals surface area contributed by atoms with Crippen LogP contribution in [0.5, 0.6) is 0 Å². The second-order valence-corrected chi connectivity index (χ2v) is 7.11. The van der Waals surface area contributed by atoms with Gasteiger partial charge in [-0.15, -0.1) is 11.3 Å². The van der Waals surface area contributed by atoms with Crippen LogP contribution < -0.4 is 15.5 Å². The molecular weight excluding hydrogens is 322 g/mol. The maximum absolute atomic E-state index is 11.8. The molecule has 0 fully saturated rings. The Morgan fingerprint density at radius 2 is 2.12 bits per heavy atom. The van der Waals surface area contributed by atoms with Gasteiger partial charge in [-0.25, -0.2) is 4.79 Å². The van der Waals surface area contributed by atoms with Gasteiger partial charge in [0.2, 0.25) is 0 Å². The van der Waals surface area contributed by atoms with Gasteiger partial charge in [0.05, 0.1) is 6.10 Å². The molecule has 2 amide bonds. The third-order valence-corrected chi connectivity index (χ3v) is 5.17. The minimum Gasteiger partial charge on any atom is -0.393 e. The Hall–Kier alpha value is -2.05. The highest BCUT2D eigenvalue weighted by Crippen LogP contribution is 2.28. The standard InChI is InChI=1S/C18H23N3O2S/c1-13(22)6-9-19-18(23)20-15-2-4-16(5-3-15)21-10-7-17-14(12-21)8-11-24-17/h2-5,8,11,13,22H,6-7,9-10,12H2,1H3,(H2,19,20,23). The summed E-state index contributed by atoms with van der Waals surface area (Å²) in [6, 6.07) is 9.90. The van der Waals surface area contributed by atoms with E-state index in [1.807, 2.05) is 35.6 Å². The minimum absolute atomic E-state index is 0.246. The van der Waals surface area contributed by atoms with Crippen molar-refractivity contribution in [3.05, 3.63) is 46.2 Å². The van der Waals surface area contributed by atoms with Gasteiger partial charge >= 0.3 is 6.03 Å². The summed E-state index contributed by atoms with van der Waals surface area (Å²) in [7, 11) is 0. The average Bonchev–Trinajstić information content (AvgIpc) is 3.02. The Bertz CT molecular complexity index is 682. The number of nitrogens with one attached hydrogen (secondary N) is 2. The lowest BCUT2D eigenvalue weighted by Gasteiger charge is -2.29. The molecule has 6 heteroatoms. The summed E-state index contributed by atoms with van der Waals surface area (Å²) in [5.41, 5.74) is 3.36. The normalized spacial score (nSPS) is 14.8. The summed E-state index contributed by atoms with van der Waals surface area (Å²) < 4.78 is 0. The molecular formula is C18H23N3O2S. The molecule has 24 heavy (non-hydrogen) atoms. The Kier molecular flexibility index (Phi) is 5.37. The maximum Gasteiger partial charge on any atom is 0.319 e. The number of amides is 2. The molecule has 0 bridgehead atoms. The summed E-state index contributed by atoms with van der Waals surface area (Å²) in [6.07, 6.45) is 1.24. The second kappa shape index (κ2) is 7.68. The molecule has 1 aliphatic heterocycles. The van der Waals surface area contributed by atoms with Crippen LogP contribution in [0.1, 0.15) is 23.8 Å². The first-order chi connectivity index (χ1) is 11.6. The van der Waals surface area contributed by atoms with Gasteiger partial charge in [-0.1, -0.05) is 0 Å². The van der Waals surface area contributed by atoms with Crippen molar-refractivity contribution >= 4 is 28.7 Å². The van der Waals surface area contributed by atoms with Crippen LogP contribution in [0.3, 0.4) is 0 Å². The van der Waals surface area contributed by atoms with E-state index in [1.165, 1.54) is 16.1 Å². The van der Waals surface area contributed by atoms with E-state index in [0.29, 0.717) is 13.0 Å². The summed E-state index contributed by atoms with van der Waals surface area (Å²) in [6.45, 7) is 4.14. The van der Waals surface area contributed by atoms with Gasteiger partial charge in [0, 0.05) is 35.9 Å². The summed E-state index contributed by atoms with van der Waals surface area (Å²) in [5.74, 6) is 0. The van der Waals surface area contributed by atoms with Crippen molar-refractivity contribution in [3.8, 4) is 0 Å². The van der Waals surface area contributed by atoms with E-state index in [4.69, 9.17) is 0 Å². The molecule has 3 N–H and O–H groups in total. The van der Waals surface area contributed by atoms with E-state index in [9.17, 15) is 9.90 Å². The topological polar surface area (TPSA) is 64.6 Å². The van der Waals surface area contributed by atoms with E-state index in [2.05, 4.69) is 27.0 Å². The average molecular weight is 345 g/mol. The number of carbonyl (C=O) groups excluding carboxylic acids is 1. The van der Waals surface area contributed by atoms with Crippen molar-refractivity contribution in [3.63, 3.8) is 0 Å². The van der Waals surface area contributed by atoms with Gasteiger partial charge in [-0.3, -0.25) is 0 Å². The summed E-state index contributed by atoms with van der Waals surface area (Å²) in [5, 5.41) is 16.9. The first-order valence-corrected chi connectivity index (χ1v) is 9.13. The number of rotatable bonds is 5. The third kappa shape index (κ3) is 4.27. The lowest BCUT2D eigenvalue weighted by atomic mass is 10.1. The highest BCUT2D eigenvalue weighted by atomic mass is 32.1. The largest absolute Gasteiger partial charge is 0.393 e. The van der Waals surface area contributed by atoms with Crippen LogP contribution in [0.4, 0.5) is 16.2 Å². The number of carbonyl (C=O) groups is 1. The van der Waals surface area contributed by atoms with Crippen molar-refractivity contribution in [2.75, 3.05) is 23.3 Å². The quantitative estimate of drug-likeness (QED) is 0.780. The zero-order valence-electron chi connectivity index (χ0n) is 13.8. The van der Waals surface area contributed by atoms with Crippen molar-refractivity contribution in [2.24, 2.45) is 0 Å². The molecule has 128 valence electrons. The second-order valence-electron chi connectivity index (χ2n) is 6.11. The third-order valence-electron chi connectivity index (χ3n) is 4.15. The van der Waals surface area contributed by atoms with Crippen molar-refractivity contribution in [2.45, 2.75) is 32.4 Å². The molecule has 5 nitrogen and oxygen atoms in total. The van der Waals surface area contributed by atoms with E-state index in [0.717, 1.165) is 25.2 Å². The van der Waals surface area contributed by atoms with Gasteiger partial charge < -0.3 is 20.6 Å². The first kappa shape index (κ1) is 16.8. The van der Waals surface area contributed by atoms with Crippen molar-refractivity contribution < 1.29 is 9.90 Å². The molecule has 1 aromatic carbocycles. The number of fused-ring (bicyclic) bond motifs is 1. The maximum atomic E-state index is 11.8. The number of aliphatic hydroxyl groups is 1. The van der Waals surface area contributed by atoms with Crippen molar-refractivity contribution in [1.29, 1.82) is 0 Å². The lowest BCUT2D eigenvalue weighted by Crippen LogP contribution is -2.31. The molecule has 0 radical (unpaired) electrons. The van der Waals surface area contributed by atoms with E-state index < -0.39 is 6.10 Å². The van der Waals surface area contributed by atoms with Crippen LogP contribution >= 0.6 is 11.3 Å². The molecule has 0 spiro atoms. The fourth-order valence-electron chi connectivity index (χ4n) is 2.79. The van der Waals surface area contributed by atoms with Gasteiger partial charge in [0.25, 0.3) is 0 Å². The Labute approximate surface area is 146 Å². The van der Waals surface area contributed by atoms with Gasteiger partial charge in [-0.05, 0) is 61.0 Å². The molecule has 1 aromatic heterocycles. The minimum atomic E-state index is -0.405. The fourth-order valence-corrected chi connectivity index (χ4v) is 3.68. The number of thiophene rings is 1. The number of aliphatic hydroxyl groups excluding tert-OH is 1. The monoisotopic (exact) mass is 345 g/mol. The highest BCUT2D eigenvalue weighted by Gasteiger charge is 2.17. The zero-order chi connectivity index (χ0) is 16.9. The molecule has 0 saturated carbocycles. The predicted octanol–water partition coefficient (Wildman–Crippen LogP) is 3.20. The number of anilines is 2. The number of urea groups is 1. The Morgan fingerprint density at radius 1 is 1.33 bits per heavy atom. The molecule has 1 unspecified atom stereocenters. The molecule has 0 aliphatic carbocycles. The number of hydrogen-bond donors (Lipinski definition) is 3. The van der Waals surface area contributed by atoms with Gasteiger partial charge in [0.1, 0.15) is 0 Å². The number of benzene rings is 1. The molecule has 3 rings (SSSR count). The highest BCUT2D eigenvalue weighted by molar-refractivity contribution is 7.10. The Balaban J connectivity index is 1.53. The van der Waals surface area contributed by atoms with Crippen LogP contribution in [-0.2, 0) is 13.0 Å². The molecule has 1 aliphatic rings. The van der Waals surface area contributed by atoms with Crippen molar-refractivity contribution in [1.82, 2.24) is 5.32 Å². The van der Waals surface area contributed by atoms with Gasteiger partial charge in [-0.2, -0.15) is 0 Å². The first-order valence-electron chi connectivity index (χ1n) is 8.25. The van der Waals surface area contributed by atoms with E-state index in [-0.39, 0.29) is 6.03 Å². The van der Waals surface area contributed by atoms with Crippen LogP contribution in [0.2, 0.25) is 0 Å². The molecule has 2 heterocycles. The van der Waals surface area contributed by atoms with Crippen LogP contribution in [0.15, 0.2) is 35.7 Å². The van der Waals surface area contributed by atoms with Crippen LogP contribution in [0.25, 0.3) is 0 Å². The summed E-state index contributed by atoms with van der Waals surface area (Å²) >= 11 is 1.84. The number of nitrogens with zero attached hydrogens (tertiary/aromatic N) is 1. The zero-order valence-corrected chi connectivity index (χ0v) is 14.6. The van der Waals surface area contributed by atoms with Crippen LogP contribution in [-0.4, -0.2) is 30.3 Å². The Morgan fingerprint density at radius 3 is 2.88 bits per heavy atom. The van der Waals surface area contributed by atoms with Gasteiger partial charge in [0.15, 0.2) is 0 Å². The molecule has 2 aromatic rings.